The predicted octanol–water partition coefficient (Wildman–Crippen LogP) is 3.32. The number of carbonyl (C=O) groups excluding carboxylic acids is 2. The summed E-state index contributed by atoms with van der Waals surface area (Å²) >= 11 is 0. The lowest BCUT2D eigenvalue weighted by molar-refractivity contribution is -0.132. The summed E-state index contributed by atoms with van der Waals surface area (Å²) < 4.78 is 28.5. The van der Waals surface area contributed by atoms with E-state index in [1.807, 2.05) is 44.2 Å². The SMILES string of the molecule is C#CC[C@H](NC(=O)[C@H](Cc1ccccc1)CS(=O)(=O)N(C)CCN1CCCCC1)C(=O)NC(CC1CCCCC1)C(O)[C@@H](O)CC(C)C. The Balaban J connectivity index is 1.75. The Morgan fingerprint density at radius 3 is 2.27 bits per heavy atom. The highest BCUT2D eigenvalue weighted by Gasteiger charge is 2.35. The summed E-state index contributed by atoms with van der Waals surface area (Å²) in [4.78, 5) is 29.9. The first-order valence-electron chi connectivity index (χ1n) is 18.0. The summed E-state index contributed by atoms with van der Waals surface area (Å²) in [6.45, 7) is 6.80. The number of carbonyl (C=O) groups is 2. The number of aliphatic hydroxyl groups is 2. The van der Waals surface area contributed by atoms with Crippen LogP contribution >= 0.6 is 0 Å². The molecule has 1 heterocycles. The molecule has 11 heteroatoms. The highest BCUT2D eigenvalue weighted by molar-refractivity contribution is 7.89. The maximum absolute atomic E-state index is 13.9. The summed E-state index contributed by atoms with van der Waals surface area (Å²) in [7, 11) is -2.26. The number of rotatable bonds is 19. The fraction of sp³-hybridized carbons (Fsp3) is 0.730. The molecular weight excluding hydrogens is 628 g/mol. The van der Waals surface area contributed by atoms with Gasteiger partial charge in [0.2, 0.25) is 21.8 Å². The Bertz CT molecular complexity index is 1260. The van der Waals surface area contributed by atoms with Gasteiger partial charge in [0.15, 0.2) is 0 Å². The van der Waals surface area contributed by atoms with E-state index >= 15 is 0 Å². The van der Waals surface area contributed by atoms with Crippen molar-refractivity contribution in [2.45, 2.75) is 115 Å². The van der Waals surface area contributed by atoms with E-state index in [4.69, 9.17) is 6.42 Å². The zero-order chi connectivity index (χ0) is 35.1. The molecule has 1 aromatic rings. The number of benzene rings is 1. The normalized spacial score (nSPS) is 19.6. The minimum atomic E-state index is -3.82. The fourth-order valence-corrected chi connectivity index (χ4v) is 8.36. The summed E-state index contributed by atoms with van der Waals surface area (Å²) in [6, 6.07) is 7.36. The molecule has 2 fully saturated rings. The smallest absolute Gasteiger partial charge is 0.243 e. The second-order valence-electron chi connectivity index (χ2n) is 14.4. The topological polar surface area (TPSA) is 139 Å². The number of hydrogen-bond donors (Lipinski definition) is 4. The summed E-state index contributed by atoms with van der Waals surface area (Å²) in [6.07, 6.45) is 13.1. The molecule has 1 aromatic carbocycles. The lowest BCUT2D eigenvalue weighted by Gasteiger charge is -2.33. The molecule has 2 unspecified atom stereocenters. The largest absolute Gasteiger partial charge is 0.390 e. The van der Waals surface area contributed by atoms with Gasteiger partial charge in [-0.2, -0.15) is 0 Å². The lowest BCUT2D eigenvalue weighted by atomic mass is 9.82. The van der Waals surface area contributed by atoms with Gasteiger partial charge in [0, 0.05) is 26.6 Å². The van der Waals surface area contributed by atoms with Gasteiger partial charge in [-0.1, -0.05) is 82.7 Å². The molecule has 3 rings (SSSR count). The van der Waals surface area contributed by atoms with Crippen LogP contribution in [0.3, 0.4) is 0 Å². The van der Waals surface area contributed by atoms with Crippen molar-refractivity contribution in [2.75, 3.05) is 39.0 Å². The average Bonchev–Trinajstić information content (AvgIpc) is 3.07. The first-order valence-corrected chi connectivity index (χ1v) is 19.6. The third-order valence-corrected chi connectivity index (χ3v) is 11.8. The van der Waals surface area contributed by atoms with Crippen molar-refractivity contribution in [1.82, 2.24) is 19.8 Å². The van der Waals surface area contributed by atoms with Crippen LogP contribution in [0.15, 0.2) is 30.3 Å². The quantitative estimate of drug-likeness (QED) is 0.164. The Labute approximate surface area is 289 Å². The van der Waals surface area contributed by atoms with Crippen LogP contribution in [0.25, 0.3) is 0 Å². The molecule has 1 aliphatic heterocycles. The number of piperidine rings is 1. The number of aliphatic hydroxyl groups excluding tert-OH is 2. The number of sulfonamides is 1. The van der Waals surface area contributed by atoms with E-state index in [-0.39, 0.29) is 18.8 Å². The second kappa shape index (κ2) is 20.2. The van der Waals surface area contributed by atoms with E-state index in [1.165, 1.54) is 10.7 Å². The maximum Gasteiger partial charge on any atom is 0.243 e. The number of terminal acetylenes is 1. The Hall–Kier alpha value is -2.49. The van der Waals surface area contributed by atoms with Gasteiger partial charge in [0.05, 0.1) is 23.8 Å². The zero-order valence-corrected chi connectivity index (χ0v) is 30.2. The highest BCUT2D eigenvalue weighted by Crippen LogP contribution is 2.29. The van der Waals surface area contributed by atoms with Gasteiger partial charge in [-0.25, -0.2) is 12.7 Å². The number of nitrogens with one attached hydrogen (secondary N) is 2. The Morgan fingerprint density at radius 1 is 1.00 bits per heavy atom. The van der Waals surface area contributed by atoms with E-state index < -0.39 is 57.8 Å². The molecule has 10 nitrogen and oxygen atoms in total. The molecule has 1 saturated heterocycles. The van der Waals surface area contributed by atoms with Crippen molar-refractivity contribution in [2.24, 2.45) is 17.8 Å². The van der Waals surface area contributed by atoms with E-state index in [0.717, 1.165) is 63.6 Å². The number of likely N-dealkylation sites (N-methyl/N-ethyl adjacent to an activating group) is 1. The molecule has 2 amide bonds. The average molecular weight is 689 g/mol. The zero-order valence-electron chi connectivity index (χ0n) is 29.4. The number of likely N-dealkylation sites (tertiary alicyclic amines) is 1. The molecule has 48 heavy (non-hydrogen) atoms. The maximum atomic E-state index is 13.9. The van der Waals surface area contributed by atoms with Crippen LogP contribution in [0.1, 0.15) is 90.0 Å². The monoisotopic (exact) mass is 688 g/mol. The molecule has 1 aliphatic carbocycles. The van der Waals surface area contributed by atoms with Crippen LogP contribution in [-0.4, -0.2) is 103 Å². The molecule has 2 aliphatic rings. The molecule has 4 N–H and O–H groups in total. The summed E-state index contributed by atoms with van der Waals surface area (Å²) in [5.41, 5.74) is 0.802. The van der Waals surface area contributed by atoms with Crippen molar-refractivity contribution < 1.29 is 28.2 Å². The van der Waals surface area contributed by atoms with Crippen molar-refractivity contribution in [3.63, 3.8) is 0 Å². The Kier molecular flexibility index (Phi) is 16.8. The Morgan fingerprint density at radius 2 is 1.65 bits per heavy atom. The van der Waals surface area contributed by atoms with Gasteiger partial charge in [-0.05, 0) is 62.6 Å². The molecule has 1 saturated carbocycles. The van der Waals surface area contributed by atoms with Crippen LogP contribution in [0.2, 0.25) is 0 Å². The summed E-state index contributed by atoms with van der Waals surface area (Å²) in [5, 5.41) is 27.7. The molecule has 270 valence electrons. The van der Waals surface area contributed by atoms with E-state index in [1.54, 1.807) is 7.05 Å². The van der Waals surface area contributed by atoms with Crippen molar-refractivity contribution in [3.8, 4) is 12.3 Å². The van der Waals surface area contributed by atoms with Gasteiger partial charge >= 0.3 is 0 Å². The van der Waals surface area contributed by atoms with Crippen molar-refractivity contribution in [1.29, 1.82) is 0 Å². The van der Waals surface area contributed by atoms with Gasteiger partial charge in [0.1, 0.15) is 12.1 Å². The van der Waals surface area contributed by atoms with Crippen molar-refractivity contribution >= 4 is 21.8 Å². The van der Waals surface area contributed by atoms with Crippen molar-refractivity contribution in [3.05, 3.63) is 35.9 Å². The molecule has 5 atom stereocenters. The number of nitrogens with zero attached hydrogens (tertiary/aromatic N) is 2. The van der Waals surface area contributed by atoms with Gasteiger partial charge < -0.3 is 25.7 Å². The molecular formula is C37H60N4O6S. The minimum Gasteiger partial charge on any atom is -0.390 e. The van der Waals surface area contributed by atoms with Gasteiger partial charge in [0.25, 0.3) is 0 Å². The number of hydrogen-bond acceptors (Lipinski definition) is 7. The molecule has 0 spiro atoms. The van der Waals surface area contributed by atoms with Crippen LogP contribution < -0.4 is 10.6 Å². The number of amides is 2. The van der Waals surface area contributed by atoms with E-state index in [2.05, 4.69) is 21.5 Å². The standard InChI is InChI=1S/C37H60N4O6S/c1-5-15-32(37(45)39-33(26-30-18-11-7-12-19-30)35(43)34(42)24-28(2)3)38-36(44)31(25-29-16-9-6-10-17-29)27-48(46,47)40(4)22-23-41-20-13-8-14-21-41/h1,6,9-10,16-17,28,30-35,42-43H,7-8,11-15,18-27H2,2-4H3,(H,38,44)(H,39,45)/t31-,32+,33?,34+,35?/m1/s1. The minimum absolute atomic E-state index is 0.112. The van der Waals surface area contributed by atoms with Crippen LogP contribution in [0.5, 0.6) is 0 Å². The molecule has 0 bridgehead atoms. The van der Waals surface area contributed by atoms with Crippen LogP contribution in [0, 0.1) is 30.1 Å². The van der Waals surface area contributed by atoms with E-state index in [9.17, 15) is 28.2 Å². The third kappa shape index (κ3) is 13.4. The van der Waals surface area contributed by atoms with Crippen LogP contribution in [0.4, 0.5) is 0 Å². The summed E-state index contributed by atoms with van der Waals surface area (Å²) in [5.74, 6) is 0.399. The van der Waals surface area contributed by atoms with Crippen LogP contribution in [-0.2, 0) is 26.0 Å². The first kappa shape index (κ1) is 39.9. The predicted molar refractivity (Wildman–Crippen MR) is 190 cm³/mol. The third-order valence-electron chi connectivity index (χ3n) is 9.88. The van der Waals surface area contributed by atoms with Gasteiger partial charge in [-0.15, -0.1) is 12.3 Å². The first-order chi connectivity index (χ1) is 22.9. The highest BCUT2D eigenvalue weighted by atomic mass is 32.2. The molecule has 0 aromatic heterocycles. The fourth-order valence-electron chi connectivity index (χ4n) is 6.97. The molecule has 0 radical (unpaired) electrons. The lowest BCUT2D eigenvalue weighted by Crippen LogP contribution is -2.56. The van der Waals surface area contributed by atoms with Gasteiger partial charge in [-0.3, -0.25) is 9.59 Å². The second-order valence-corrected chi connectivity index (χ2v) is 16.5. The van der Waals surface area contributed by atoms with E-state index in [0.29, 0.717) is 31.8 Å².